The maximum Gasteiger partial charge on any atom is 0.416 e. The van der Waals surface area contributed by atoms with E-state index in [2.05, 4.69) is 19.2 Å². The molecule has 0 bridgehead atoms. The Bertz CT molecular complexity index is 1420. The maximum absolute atomic E-state index is 13.4. The molecular formula is C30H27F3N2O. The van der Waals surface area contributed by atoms with E-state index < -0.39 is 11.7 Å². The fourth-order valence-corrected chi connectivity index (χ4v) is 4.15. The molecule has 0 unspecified atom stereocenters. The van der Waals surface area contributed by atoms with Crippen molar-refractivity contribution >= 4 is 34.1 Å². The van der Waals surface area contributed by atoms with Crippen LogP contribution < -0.4 is 5.32 Å². The molecule has 0 aliphatic heterocycles. The maximum atomic E-state index is 13.4. The molecule has 1 heterocycles. The van der Waals surface area contributed by atoms with Crippen LogP contribution in [-0.4, -0.2) is 10.8 Å². The fraction of sp³-hybridized carbons (Fsp3) is 0.200. The number of hydrogen-bond acceptors (Lipinski definition) is 3. The summed E-state index contributed by atoms with van der Waals surface area (Å²) in [6.45, 7) is 5.71. The molecular weight excluding hydrogens is 461 g/mol. The van der Waals surface area contributed by atoms with Gasteiger partial charge in [-0.2, -0.15) is 13.2 Å². The number of aromatic nitrogens is 1. The van der Waals surface area contributed by atoms with Crippen LogP contribution in [0.15, 0.2) is 78.9 Å². The fourth-order valence-electron chi connectivity index (χ4n) is 4.15. The Labute approximate surface area is 208 Å². The minimum absolute atomic E-state index is 0.146. The van der Waals surface area contributed by atoms with Gasteiger partial charge in [0.2, 0.25) is 0 Å². The SMILES string of the molecule is CC(=O)/C=C/c1c(-c2ccccc2)nc2ccc(CC(C)C)cc2c1Nc1cccc(C(F)(F)F)c1. The molecule has 184 valence electrons. The molecule has 0 atom stereocenters. The highest BCUT2D eigenvalue weighted by Crippen LogP contribution is 2.38. The second-order valence-corrected chi connectivity index (χ2v) is 9.21. The molecule has 4 aromatic rings. The number of allylic oxidation sites excluding steroid dienone is 1. The molecule has 0 saturated carbocycles. The quantitative estimate of drug-likeness (QED) is 0.265. The molecule has 0 radical (unpaired) electrons. The van der Waals surface area contributed by atoms with Crippen LogP contribution in [0.5, 0.6) is 0 Å². The molecule has 1 N–H and O–H groups in total. The first-order valence-corrected chi connectivity index (χ1v) is 11.8. The lowest BCUT2D eigenvalue weighted by atomic mass is 9.96. The molecule has 3 nitrogen and oxygen atoms in total. The van der Waals surface area contributed by atoms with Gasteiger partial charge in [-0.1, -0.05) is 56.3 Å². The summed E-state index contributed by atoms with van der Waals surface area (Å²) in [5.41, 5.74) is 4.05. The largest absolute Gasteiger partial charge is 0.416 e. The number of anilines is 2. The molecule has 36 heavy (non-hydrogen) atoms. The van der Waals surface area contributed by atoms with Crippen LogP contribution >= 0.6 is 0 Å². The number of alkyl halides is 3. The van der Waals surface area contributed by atoms with Crippen molar-refractivity contribution in [3.63, 3.8) is 0 Å². The van der Waals surface area contributed by atoms with Crippen LogP contribution in [0.1, 0.15) is 37.5 Å². The zero-order chi connectivity index (χ0) is 25.9. The summed E-state index contributed by atoms with van der Waals surface area (Å²) in [7, 11) is 0. The first-order valence-electron chi connectivity index (χ1n) is 11.8. The average molecular weight is 489 g/mol. The van der Waals surface area contributed by atoms with E-state index >= 15 is 0 Å². The Morgan fingerprint density at radius 1 is 1.00 bits per heavy atom. The van der Waals surface area contributed by atoms with Crippen molar-refractivity contribution in [1.82, 2.24) is 4.98 Å². The lowest BCUT2D eigenvalue weighted by molar-refractivity contribution is -0.137. The monoisotopic (exact) mass is 488 g/mol. The van der Waals surface area contributed by atoms with Crippen LogP contribution in [0.4, 0.5) is 24.5 Å². The molecule has 0 saturated heterocycles. The Morgan fingerprint density at radius 3 is 2.42 bits per heavy atom. The van der Waals surface area contributed by atoms with Crippen LogP contribution in [0.3, 0.4) is 0 Å². The predicted molar refractivity (Wildman–Crippen MR) is 140 cm³/mol. The molecule has 0 aliphatic carbocycles. The standard InChI is InChI=1S/C30H27F3N2O/c1-19(2)16-21-13-15-27-26(17-21)29(34-24-11-7-10-23(18-24)30(31,32)33)25(14-12-20(3)36)28(35-27)22-8-5-4-6-9-22/h4-15,17-19H,16H2,1-3H3,(H,34,35)/b14-12+. The summed E-state index contributed by atoms with van der Waals surface area (Å²) in [4.78, 5) is 16.8. The van der Waals surface area contributed by atoms with Crippen LogP contribution in [-0.2, 0) is 17.4 Å². The molecule has 3 aromatic carbocycles. The second kappa shape index (κ2) is 10.4. The predicted octanol–water partition coefficient (Wildman–Crippen LogP) is 8.46. The smallest absolute Gasteiger partial charge is 0.354 e. The van der Waals surface area contributed by atoms with E-state index in [9.17, 15) is 18.0 Å². The molecule has 0 spiro atoms. The van der Waals surface area contributed by atoms with Gasteiger partial charge in [0, 0.05) is 22.2 Å². The Hall–Kier alpha value is -3.93. The van der Waals surface area contributed by atoms with E-state index in [1.807, 2.05) is 48.5 Å². The molecule has 0 aliphatic rings. The van der Waals surface area contributed by atoms with Gasteiger partial charge in [-0.25, -0.2) is 4.98 Å². The van der Waals surface area contributed by atoms with Gasteiger partial charge >= 0.3 is 6.18 Å². The van der Waals surface area contributed by atoms with E-state index in [0.717, 1.165) is 35.1 Å². The summed E-state index contributed by atoms with van der Waals surface area (Å²) in [6, 6.07) is 20.6. The van der Waals surface area contributed by atoms with Crippen molar-refractivity contribution in [2.24, 2.45) is 5.92 Å². The number of carbonyl (C=O) groups is 1. The van der Waals surface area contributed by atoms with Crippen molar-refractivity contribution in [3.8, 4) is 11.3 Å². The Kier molecular flexibility index (Phi) is 7.25. The third-order valence-electron chi connectivity index (χ3n) is 5.72. The van der Waals surface area contributed by atoms with Crippen molar-refractivity contribution < 1.29 is 18.0 Å². The number of hydrogen-bond donors (Lipinski definition) is 1. The van der Waals surface area contributed by atoms with Gasteiger partial charge in [-0.3, -0.25) is 4.79 Å². The number of nitrogens with one attached hydrogen (secondary N) is 1. The third kappa shape index (κ3) is 5.82. The second-order valence-electron chi connectivity index (χ2n) is 9.21. The summed E-state index contributed by atoms with van der Waals surface area (Å²) >= 11 is 0. The van der Waals surface area contributed by atoms with Crippen LogP contribution in [0, 0.1) is 5.92 Å². The minimum atomic E-state index is -4.46. The molecule has 1 aromatic heterocycles. The highest BCUT2D eigenvalue weighted by molar-refractivity contribution is 6.03. The summed E-state index contributed by atoms with van der Waals surface area (Å²) < 4.78 is 40.3. The van der Waals surface area contributed by atoms with E-state index in [1.165, 1.54) is 19.1 Å². The van der Waals surface area contributed by atoms with Crippen LogP contribution in [0.25, 0.3) is 28.2 Å². The number of rotatable bonds is 7. The number of benzene rings is 3. The molecule has 4 rings (SSSR count). The average Bonchev–Trinajstić information content (AvgIpc) is 2.83. The molecule has 0 fully saturated rings. The highest BCUT2D eigenvalue weighted by atomic mass is 19.4. The topological polar surface area (TPSA) is 42.0 Å². The van der Waals surface area contributed by atoms with E-state index in [4.69, 9.17) is 4.98 Å². The third-order valence-corrected chi connectivity index (χ3v) is 5.72. The van der Waals surface area contributed by atoms with Crippen molar-refractivity contribution in [3.05, 3.63) is 95.6 Å². The summed E-state index contributed by atoms with van der Waals surface area (Å²) in [5, 5.41) is 4.01. The summed E-state index contributed by atoms with van der Waals surface area (Å²) in [5.74, 6) is 0.281. The zero-order valence-electron chi connectivity index (χ0n) is 20.4. The number of carbonyl (C=O) groups excluding carboxylic acids is 1. The Balaban J connectivity index is 2.01. The Morgan fingerprint density at radius 2 is 1.75 bits per heavy atom. The van der Waals surface area contributed by atoms with Gasteiger partial charge in [-0.15, -0.1) is 0 Å². The van der Waals surface area contributed by atoms with E-state index in [0.29, 0.717) is 34.1 Å². The minimum Gasteiger partial charge on any atom is -0.354 e. The highest BCUT2D eigenvalue weighted by Gasteiger charge is 2.30. The van der Waals surface area contributed by atoms with Gasteiger partial charge in [-0.05, 0) is 67.3 Å². The van der Waals surface area contributed by atoms with Gasteiger partial charge in [0.05, 0.1) is 22.5 Å². The first-order chi connectivity index (χ1) is 17.1. The van der Waals surface area contributed by atoms with Crippen molar-refractivity contribution in [2.75, 3.05) is 5.32 Å². The first kappa shape index (κ1) is 25.2. The molecule has 0 amide bonds. The van der Waals surface area contributed by atoms with E-state index in [-0.39, 0.29) is 5.78 Å². The molecule has 6 heteroatoms. The normalized spacial score (nSPS) is 12.0. The zero-order valence-corrected chi connectivity index (χ0v) is 20.4. The summed E-state index contributed by atoms with van der Waals surface area (Å²) in [6.07, 6.45) is -0.486. The van der Waals surface area contributed by atoms with Gasteiger partial charge < -0.3 is 5.32 Å². The van der Waals surface area contributed by atoms with E-state index in [1.54, 1.807) is 12.1 Å². The number of fused-ring (bicyclic) bond motifs is 1. The lowest BCUT2D eigenvalue weighted by Gasteiger charge is -2.19. The lowest BCUT2D eigenvalue weighted by Crippen LogP contribution is -2.06. The number of pyridine rings is 1. The van der Waals surface area contributed by atoms with Crippen LogP contribution in [0.2, 0.25) is 0 Å². The van der Waals surface area contributed by atoms with Gasteiger partial charge in [0.25, 0.3) is 0 Å². The number of ketones is 1. The van der Waals surface area contributed by atoms with Crippen molar-refractivity contribution in [1.29, 1.82) is 0 Å². The number of halogens is 3. The number of nitrogens with zero attached hydrogens (tertiary/aromatic N) is 1. The van der Waals surface area contributed by atoms with Gasteiger partial charge in [0.1, 0.15) is 0 Å². The van der Waals surface area contributed by atoms with Gasteiger partial charge in [0.15, 0.2) is 5.78 Å². The van der Waals surface area contributed by atoms with Crippen molar-refractivity contribution in [2.45, 2.75) is 33.4 Å².